The monoisotopic (exact) mass is 261 g/mol. The molecule has 0 aromatic carbocycles. The lowest BCUT2D eigenvalue weighted by Gasteiger charge is -2.35. The first-order valence-corrected chi connectivity index (χ1v) is 7.26. The van der Waals surface area contributed by atoms with Crippen molar-refractivity contribution in [3.63, 3.8) is 0 Å². The second kappa shape index (κ2) is 6.55. The second-order valence-corrected chi connectivity index (χ2v) is 5.01. The van der Waals surface area contributed by atoms with Gasteiger partial charge in [0.15, 0.2) is 0 Å². The summed E-state index contributed by atoms with van der Waals surface area (Å²) in [5.41, 5.74) is 1.59. The Labute approximate surface area is 115 Å². The molecule has 1 fully saturated rings. The highest BCUT2D eigenvalue weighted by molar-refractivity contribution is 5.99. The van der Waals surface area contributed by atoms with Crippen molar-refractivity contribution in [1.29, 1.82) is 0 Å². The number of anilines is 1. The standard InChI is InChI=1S/C15H23N3O/c1-3-12-7-5-6-10-18(12)15(19)13-8-9-16-11-14(13)17-4-2/h8-9,11-12,17H,3-7,10H2,1-2H3. The van der Waals surface area contributed by atoms with E-state index in [4.69, 9.17) is 0 Å². The molecule has 1 atom stereocenters. The highest BCUT2D eigenvalue weighted by Crippen LogP contribution is 2.24. The summed E-state index contributed by atoms with van der Waals surface area (Å²) in [5.74, 6) is 0.143. The molecule has 4 nitrogen and oxygen atoms in total. The lowest BCUT2D eigenvalue weighted by atomic mass is 9.99. The third-order valence-electron chi connectivity index (χ3n) is 3.78. The summed E-state index contributed by atoms with van der Waals surface area (Å²) >= 11 is 0. The van der Waals surface area contributed by atoms with Crippen molar-refractivity contribution in [2.24, 2.45) is 0 Å². The quantitative estimate of drug-likeness (QED) is 0.906. The predicted molar refractivity (Wildman–Crippen MR) is 77.4 cm³/mol. The van der Waals surface area contributed by atoms with E-state index in [1.807, 2.05) is 17.9 Å². The van der Waals surface area contributed by atoms with Crippen molar-refractivity contribution in [2.45, 2.75) is 45.6 Å². The molecule has 2 heterocycles. The number of piperidine rings is 1. The first-order valence-electron chi connectivity index (χ1n) is 7.26. The summed E-state index contributed by atoms with van der Waals surface area (Å²) in [6.07, 6.45) is 7.94. The molecular formula is C15H23N3O. The van der Waals surface area contributed by atoms with Crippen molar-refractivity contribution >= 4 is 11.6 Å². The highest BCUT2D eigenvalue weighted by Gasteiger charge is 2.27. The van der Waals surface area contributed by atoms with Gasteiger partial charge in [0, 0.05) is 25.3 Å². The first kappa shape index (κ1) is 13.8. The molecule has 1 N–H and O–H groups in total. The molecular weight excluding hydrogens is 238 g/mol. The molecule has 1 saturated heterocycles. The van der Waals surface area contributed by atoms with Gasteiger partial charge in [-0.1, -0.05) is 6.92 Å². The van der Waals surface area contributed by atoms with E-state index in [1.54, 1.807) is 12.4 Å². The molecule has 2 rings (SSSR count). The maximum absolute atomic E-state index is 12.7. The lowest BCUT2D eigenvalue weighted by Crippen LogP contribution is -2.43. The second-order valence-electron chi connectivity index (χ2n) is 5.01. The number of amides is 1. The van der Waals surface area contributed by atoms with Gasteiger partial charge in [-0.25, -0.2) is 0 Å². The number of carbonyl (C=O) groups is 1. The summed E-state index contributed by atoms with van der Waals surface area (Å²) in [5, 5.41) is 3.22. The van der Waals surface area contributed by atoms with Crippen molar-refractivity contribution in [2.75, 3.05) is 18.4 Å². The fraction of sp³-hybridized carbons (Fsp3) is 0.600. The van der Waals surface area contributed by atoms with E-state index in [2.05, 4.69) is 17.2 Å². The zero-order chi connectivity index (χ0) is 13.7. The van der Waals surface area contributed by atoms with Crippen LogP contribution >= 0.6 is 0 Å². The fourth-order valence-corrected chi connectivity index (χ4v) is 2.76. The molecule has 0 bridgehead atoms. The van der Waals surface area contributed by atoms with Crippen LogP contribution in [-0.2, 0) is 0 Å². The molecule has 19 heavy (non-hydrogen) atoms. The van der Waals surface area contributed by atoms with E-state index in [1.165, 1.54) is 6.42 Å². The molecule has 1 unspecified atom stereocenters. The summed E-state index contributed by atoms with van der Waals surface area (Å²) in [6.45, 7) is 5.86. The zero-order valence-corrected chi connectivity index (χ0v) is 11.9. The van der Waals surface area contributed by atoms with E-state index >= 15 is 0 Å². The van der Waals surface area contributed by atoms with E-state index in [-0.39, 0.29) is 5.91 Å². The van der Waals surface area contributed by atoms with Crippen LogP contribution in [0.4, 0.5) is 5.69 Å². The zero-order valence-electron chi connectivity index (χ0n) is 11.9. The first-order chi connectivity index (χ1) is 9.27. The molecule has 0 radical (unpaired) electrons. The number of nitrogens with one attached hydrogen (secondary N) is 1. The highest BCUT2D eigenvalue weighted by atomic mass is 16.2. The van der Waals surface area contributed by atoms with Crippen molar-refractivity contribution < 1.29 is 4.79 Å². The summed E-state index contributed by atoms with van der Waals surface area (Å²) < 4.78 is 0. The largest absolute Gasteiger partial charge is 0.383 e. The molecule has 1 amide bonds. The number of aromatic nitrogens is 1. The van der Waals surface area contributed by atoms with Gasteiger partial charge in [0.05, 0.1) is 17.4 Å². The minimum absolute atomic E-state index is 0.143. The Morgan fingerprint density at radius 1 is 1.47 bits per heavy atom. The van der Waals surface area contributed by atoms with Gasteiger partial charge in [-0.05, 0) is 38.7 Å². The van der Waals surface area contributed by atoms with Gasteiger partial charge in [-0.15, -0.1) is 0 Å². The number of rotatable bonds is 4. The molecule has 0 spiro atoms. The molecule has 1 aromatic rings. The normalized spacial score (nSPS) is 19.3. The molecule has 104 valence electrons. The van der Waals surface area contributed by atoms with Crippen LogP contribution in [0.25, 0.3) is 0 Å². The smallest absolute Gasteiger partial charge is 0.256 e. The van der Waals surface area contributed by atoms with Crippen LogP contribution in [0.2, 0.25) is 0 Å². The Hall–Kier alpha value is -1.58. The lowest BCUT2D eigenvalue weighted by molar-refractivity contribution is 0.0609. The molecule has 4 heteroatoms. The number of likely N-dealkylation sites (tertiary alicyclic amines) is 1. The molecule has 1 aliphatic heterocycles. The van der Waals surface area contributed by atoms with Crippen LogP contribution in [-0.4, -0.2) is 34.9 Å². The van der Waals surface area contributed by atoms with Crippen LogP contribution in [0.3, 0.4) is 0 Å². The number of carbonyl (C=O) groups excluding carboxylic acids is 1. The van der Waals surface area contributed by atoms with E-state index in [0.29, 0.717) is 6.04 Å². The minimum atomic E-state index is 0.143. The molecule has 0 saturated carbocycles. The van der Waals surface area contributed by atoms with Crippen molar-refractivity contribution in [3.8, 4) is 0 Å². The Kier molecular flexibility index (Phi) is 4.77. The van der Waals surface area contributed by atoms with Crippen LogP contribution in [0.15, 0.2) is 18.5 Å². The van der Waals surface area contributed by atoms with Gasteiger partial charge in [-0.3, -0.25) is 9.78 Å². The predicted octanol–water partition coefficient (Wildman–Crippen LogP) is 2.92. The van der Waals surface area contributed by atoms with Crippen LogP contribution in [0, 0.1) is 0 Å². The van der Waals surface area contributed by atoms with Gasteiger partial charge in [-0.2, -0.15) is 0 Å². The van der Waals surface area contributed by atoms with Crippen LogP contribution in [0.5, 0.6) is 0 Å². The van der Waals surface area contributed by atoms with Gasteiger partial charge in [0.25, 0.3) is 5.91 Å². The van der Waals surface area contributed by atoms with Crippen molar-refractivity contribution in [1.82, 2.24) is 9.88 Å². The Morgan fingerprint density at radius 3 is 3.05 bits per heavy atom. The van der Waals surface area contributed by atoms with Crippen LogP contribution < -0.4 is 5.32 Å². The molecule has 1 aliphatic rings. The summed E-state index contributed by atoms with van der Waals surface area (Å²) in [7, 11) is 0. The fourth-order valence-electron chi connectivity index (χ4n) is 2.76. The third-order valence-corrected chi connectivity index (χ3v) is 3.78. The van der Waals surface area contributed by atoms with Gasteiger partial charge >= 0.3 is 0 Å². The number of hydrogen-bond acceptors (Lipinski definition) is 3. The molecule has 1 aromatic heterocycles. The number of hydrogen-bond donors (Lipinski definition) is 1. The maximum atomic E-state index is 12.7. The van der Waals surface area contributed by atoms with E-state index in [9.17, 15) is 4.79 Å². The topological polar surface area (TPSA) is 45.2 Å². The average Bonchev–Trinajstić information content (AvgIpc) is 2.47. The van der Waals surface area contributed by atoms with Crippen LogP contribution in [0.1, 0.15) is 49.9 Å². The SMILES string of the molecule is CCNc1cnccc1C(=O)N1CCCCC1CC. The third kappa shape index (κ3) is 3.06. The number of nitrogens with zero attached hydrogens (tertiary/aromatic N) is 2. The Morgan fingerprint density at radius 2 is 2.32 bits per heavy atom. The Bertz CT molecular complexity index is 433. The van der Waals surface area contributed by atoms with Gasteiger partial charge in [0.1, 0.15) is 0 Å². The average molecular weight is 261 g/mol. The van der Waals surface area contributed by atoms with E-state index < -0.39 is 0 Å². The Balaban J connectivity index is 2.22. The maximum Gasteiger partial charge on any atom is 0.256 e. The molecule has 0 aliphatic carbocycles. The summed E-state index contributed by atoms with van der Waals surface area (Å²) in [4.78, 5) is 18.9. The van der Waals surface area contributed by atoms with E-state index in [0.717, 1.165) is 43.6 Å². The number of pyridine rings is 1. The van der Waals surface area contributed by atoms with Crippen molar-refractivity contribution in [3.05, 3.63) is 24.0 Å². The van der Waals surface area contributed by atoms with Gasteiger partial charge < -0.3 is 10.2 Å². The minimum Gasteiger partial charge on any atom is -0.383 e. The van der Waals surface area contributed by atoms with Gasteiger partial charge in [0.2, 0.25) is 0 Å². The summed E-state index contributed by atoms with van der Waals surface area (Å²) in [6, 6.07) is 2.21.